The lowest BCUT2D eigenvalue weighted by Crippen LogP contribution is -2.03. The Morgan fingerprint density at radius 3 is 2.68 bits per heavy atom. The van der Waals surface area contributed by atoms with E-state index in [9.17, 15) is 9.18 Å². The van der Waals surface area contributed by atoms with E-state index in [4.69, 9.17) is 5.11 Å². The Labute approximate surface area is 118 Å². The molecule has 0 radical (unpaired) electrons. The highest BCUT2D eigenvalue weighted by atomic mass is 79.9. The first-order valence-electron chi connectivity index (χ1n) is 5.57. The minimum absolute atomic E-state index is 0.326. The van der Waals surface area contributed by atoms with Crippen molar-refractivity contribution in [2.24, 2.45) is 0 Å². The Bertz CT molecular complexity index is 616. The molecule has 3 nitrogen and oxygen atoms in total. The third-order valence-electron chi connectivity index (χ3n) is 2.59. The molecule has 0 aliphatic rings. The summed E-state index contributed by atoms with van der Waals surface area (Å²) in [4.78, 5) is 10.7. The van der Waals surface area contributed by atoms with Crippen molar-refractivity contribution in [3.05, 3.63) is 63.9 Å². The summed E-state index contributed by atoms with van der Waals surface area (Å²) in [5, 5.41) is 11.8. The van der Waals surface area contributed by atoms with Crippen LogP contribution in [0, 0.1) is 5.82 Å². The number of anilines is 1. The zero-order chi connectivity index (χ0) is 13.8. The van der Waals surface area contributed by atoms with Gasteiger partial charge in [-0.25, -0.2) is 9.18 Å². The minimum Gasteiger partial charge on any atom is -0.478 e. The lowest BCUT2D eigenvalue weighted by Gasteiger charge is -2.08. The molecule has 0 heterocycles. The summed E-state index contributed by atoms with van der Waals surface area (Å²) in [5.74, 6) is -2.01. The summed E-state index contributed by atoms with van der Waals surface area (Å²) in [6, 6.07) is 11.7. The SMILES string of the molecule is O=C(O)c1ccc(NCc2cccc(Br)c2)cc1F. The number of carbonyl (C=O) groups is 1. The fourth-order valence-corrected chi connectivity index (χ4v) is 2.10. The molecule has 0 aromatic heterocycles. The summed E-state index contributed by atoms with van der Waals surface area (Å²) >= 11 is 3.37. The van der Waals surface area contributed by atoms with Crippen LogP contribution in [0.2, 0.25) is 0 Å². The molecular weight excluding hydrogens is 313 g/mol. The monoisotopic (exact) mass is 323 g/mol. The number of carboxylic acids is 1. The Hall–Kier alpha value is -1.88. The van der Waals surface area contributed by atoms with E-state index < -0.39 is 11.8 Å². The Morgan fingerprint density at radius 2 is 2.05 bits per heavy atom. The molecule has 0 aliphatic heterocycles. The van der Waals surface area contributed by atoms with Crippen molar-refractivity contribution in [3.8, 4) is 0 Å². The minimum atomic E-state index is -1.27. The van der Waals surface area contributed by atoms with Crippen LogP contribution >= 0.6 is 15.9 Å². The van der Waals surface area contributed by atoms with Crippen LogP contribution in [0.1, 0.15) is 15.9 Å². The van der Waals surface area contributed by atoms with Gasteiger partial charge in [-0.1, -0.05) is 28.1 Å². The van der Waals surface area contributed by atoms with Crippen molar-refractivity contribution >= 4 is 27.6 Å². The van der Waals surface area contributed by atoms with Crippen LogP contribution in [-0.2, 0) is 6.54 Å². The van der Waals surface area contributed by atoms with Gasteiger partial charge in [-0.2, -0.15) is 0 Å². The third-order valence-corrected chi connectivity index (χ3v) is 3.08. The van der Waals surface area contributed by atoms with Gasteiger partial charge in [0, 0.05) is 16.7 Å². The van der Waals surface area contributed by atoms with Crippen molar-refractivity contribution in [3.63, 3.8) is 0 Å². The lowest BCUT2D eigenvalue weighted by molar-refractivity contribution is 0.0692. The molecule has 2 rings (SSSR count). The fraction of sp³-hybridized carbons (Fsp3) is 0.0714. The second kappa shape index (κ2) is 5.84. The maximum Gasteiger partial charge on any atom is 0.338 e. The number of hydrogen-bond donors (Lipinski definition) is 2. The van der Waals surface area contributed by atoms with Crippen LogP contribution in [0.5, 0.6) is 0 Å². The average Bonchev–Trinajstić information content (AvgIpc) is 2.36. The van der Waals surface area contributed by atoms with Gasteiger partial charge in [0.05, 0.1) is 5.56 Å². The van der Waals surface area contributed by atoms with Gasteiger partial charge in [0.1, 0.15) is 5.82 Å². The van der Waals surface area contributed by atoms with Gasteiger partial charge in [0.2, 0.25) is 0 Å². The van der Waals surface area contributed by atoms with Crippen LogP contribution in [0.15, 0.2) is 46.9 Å². The number of hydrogen-bond acceptors (Lipinski definition) is 2. The summed E-state index contributed by atoms with van der Waals surface area (Å²) in [5.41, 5.74) is 1.26. The van der Waals surface area contributed by atoms with Crippen LogP contribution in [0.3, 0.4) is 0 Å². The topological polar surface area (TPSA) is 49.3 Å². The predicted molar refractivity (Wildman–Crippen MR) is 74.8 cm³/mol. The first-order chi connectivity index (χ1) is 9.06. The second-order valence-corrected chi connectivity index (χ2v) is 4.90. The van der Waals surface area contributed by atoms with Crippen molar-refractivity contribution in [1.29, 1.82) is 0 Å². The average molecular weight is 324 g/mol. The number of aromatic carboxylic acids is 1. The maximum atomic E-state index is 13.5. The molecule has 0 saturated carbocycles. The molecule has 0 spiro atoms. The predicted octanol–water partition coefficient (Wildman–Crippen LogP) is 3.90. The van der Waals surface area contributed by atoms with Gasteiger partial charge >= 0.3 is 5.97 Å². The molecule has 0 aliphatic carbocycles. The van der Waals surface area contributed by atoms with Crippen molar-refractivity contribution in [1.82, 2.24) is 0 Å². The Balaban J connectivity index is 2.08. The van der Waals surface area contributed by atoms with E-state index >= 15 is 0 Å². The highest BCUT2D eigenvalue weighted by molar-refractivity contribution is 9.10. The van der Waals surface area contributed by atoms with E-state index in [0.717, 1.165) is 10.0 Å². The molecule has 19 heavy (non-hydrogen) atoms. The Morgan fingerprint density at radius 1 is 1.26 bits per heavy atom. The highest BCUT2D eigenvalue weighted by Crippen LogP contribution is 2.17. The number of halogens is 2. The van der Waals surface area contributed by atoms with Gasteiger partial charge in [0.15, 0.2) is 0 Å². The summed E-state index contributed by atoms with van der Waals surface area (Å²) < 4.78 is 14.4. The van der Waals surface area contributed by atoms with Crippen molar-refractivity contribution in [2.45, 2.75) is 6.54 Å². The quantitative estimate of drug-likeness (QED) is 0.897. The van der Waals surface area contributed by atoms with Gasteiger partial charge in [-0.3, -0.25) is 0 Å². The molecule has 0 bridgehead atoms. The maximum absolute atomic E-state index is 13.5. The van der Waals surface area contributed by atoms with Gasteiger partial charge in [0.25, 0.3) is 0 Å². The van der Waals surface area contributed by atoms with Crippen LogP contribution in [0.25, 0.3) is 0 Å². The van der Waals surface area contributed by atoms with E-state index in [1.165, 1.54) is 12.1 Å². The highest BCUT2D eigenvalue weighted by Gasteiger charge is 2.10. The largest absolute Gasteiger partial charge is 0.478 e. The standard InChI is InChI=1S/C14H11BrFNO2/c15-10-3-1-2-9(6-10)8-17-11-4-5-12(14(18)19)13(16)7-11/h1-7,17H,8H2,(H,18,19). The molecule has 2 aromatic rings. The fourth-order valence-electron chi connectivity index (χ4n) is 1.65. The van der Waals surface area contributed by atoms with Crippen LogP contribution in [-0.4, -0.2) is 11.1 Å². The molecule has 0 amide bonds. The van der Waals surface area contributed by atoms with E-state index in [1.807, 2.05) is 24.3 Å². The third kappa shape index (κ3) is 3.54. The second-order valence-electron chi connectivity index (χ2n) is 3.98. The molecule has 0 saturated heterocycles. The zero-order valence-electron chi connectivity index (χ0n) is 9.86. The van der Waals surface area contributed by atoms with E-state index in [1.54, 1.807) is 6.07 Å². The van der Waals surface area contributed by atoms with Gasteiger partial charge < -0.3 is 10.4 Å². The van der Waals surface area contributed by atoms with Crippen molar-refractivity contribution in [2.75, 3.05) is 5.32 Å². The molecule has 0 fully saturated rings. The smallest absolute Gasteiger partial charge is 0.338 e. The Kier molecular flexibility index (Phi) is 4.16. The molecule has 2 aromatic carbocycles. The van der Waals surface area contributed by atoms with E-state index in [-0.39, 0.29) is 5.56 Å². The number of benzene rings is 2. The van der Waals surface area contributed by atoms with Gasteiger partial charge in [-0.15, -0.1) is 0 Å². The van der Waals surface area contributed by atoms with E-state index in [0.29, 0.717) is 12.2 Å². The molecular formula is C14H11BrFNO2. The van der Waals surface area contributed by atoms with Crippen LogP contribution in [0.4, 0.5) is 10.1 Å². The zero-order valence-corrected chi connectivity index (χ0v) is 11.4. The first-order valence-corrected chi connectivity index (χ1v) is 6.37. The van der Waals surface area contributed by atoms with Crippen molar-refractivity contribution < 1.29 is 14.3 Å². The number of carboxylic acid groups (broad SMARTS) is 1. The number of rotatable bonds is 4. The summed E-state index contributed by atoms with van der Waals surface area (Å²) in [6.07, 6.45) is 0. The normalized spacial score (nSPS) is 10.2. The number of nitrogens with one attached hydrogen (secondary N) is 1. The molecule has 0 unspecified atom stereocenters. The lowest BCUT2D eigenvalue weighted by atomic mass is 10.2. The van der Waals surface area contributed by atoms with Gasteiger partial charge in [-0.05, 0) is 35.9 Å². The summed E-state index contributed by atoms with van der Waals surface area (Å²) in [6.45, 7) is 0.533. The molecule has 5 heteroatoms. The molecule has 2 N–H and O–H groups in total. The summed E-state index contributed by atoms with van der Waals surface area (Å²) in [7, 11) is 0. The first kappa shape index (κ1) is 13.5. The van der Waals surface area contributed by atoms with E-state index in [2.05, 4.69) is 21.2 Å². The van der Waals surface area contributed by atoms with Crippen LogP contribution < -0.4 is 5.32 Å². The molecule has 0 atom stereocenters. The molecule has 98 valence electrons.